The summed E-state index contributed by atoms with van der Waals surface area (Å²) in [5.74, 6) is 0. The number of rotatable bonds is 2. The molecule has 94 valence electrons. The van der Waals surface area contributed by atoms with Gasteiger partial charge in [-0.3, -0.25) is 0 Å². The average molecular weight is 289 g/mol. The molecular weight excluding hydrogens is 281 g/mol. The van der Waals surface area contributed by atoms with Gasteiger partial charge in [-0.2, -0.15) is 13.2 Å². The summed E-state index contributed by atoms with van der Waals surface area (Å²) in [4.78, 5) is 1.39. The monoisotopic (exact) mass is 288 g/mol. The highest BCUT2D eigenvalue weighted by Crippen LogP contribution is 2.34. The van der Waals surface area contributed by atoms with Crippen molar-refractivity contribution in [2.75, 3.05) is 0 Å². The van der Waals surface area contributed by atoms with Crippen molar-refractivity contribution in [1.82, 2.24) is 0 Å². The van der Waals surface area contributed by atoms with E-state index in [4.69, 9.17) is 11.6 Å². The summed E-state index contributed by atoms with van der Waals surface area (Å²) in [6.07, 6.45) is -4.31. The lowest BCUT2D eigenvalue weighted by Crippen LogP contribution is -2.04. The van der Waals surface area contributed by atoms with Gasteiger partial charge in [-0.15, -0.1) is 0 Å². The van der Waals surface area contributed by atoms with Crippen LogP contribution in [0.4, 0.5) is 13.2 Å². The molecule has 0 bridgehead atoms. The lowest BCUT2D eigenvalue weighted by atomic mass is 10.2. The van der Waals surface area contributed by atoms with Gasteiger partial charge in [0.2, 0.25) is 0 Å². The molecule has 2 aromatic rings. The first-order valence-corrected chi connectivity index (χ1v) is 6.25. The van der Waals surface area contributed by atoms with Crippen molar-refractivity contribution in [3.63, 3.8) is 0 Å². The van der Waals surface area contributed by atoms with Gasteiger partial charge >= 0.3 is 6.18 Å². The molecular formula is C13H8ClF3S. The summed E-state index contributed by atoms with van der Waals surface area (Å²) in [6, 6.07) is 12.2. The van der Waals surface area contributed by atoms with E-state index in [1.807, 2.05) is 0 Å². The van der Waals surface area contributed by atoms with Gasteiger partial charge in [0.05, 0.1) is 5.56 Å². The van der Waals surface area contributed by atoms with Gasteiger partial charge in [0.25, 0.3) is 0 Å². The molecule has 18 heavy (non-hydrogen) atoms. The first kappa shape index (κ1) is 13.3. The number of halogens is 4. The van der Waals surface area contributed by atoms with Crippen molar-refractivity contribution in [3.05, 3.63) is 59.1 Å². The number of benzene rings is 2. The largest absolute Gasteiger partial charge is 0.416 e. The zero-order valence-electron chi connectivity index (χ0n) is 9.04. The van der Waals surface area contributed by atoms with Gasteiger partial charge in [0, 0.05) is 14.8 Å². The molecule has 0 unspecified atom stereocenters. The molecule has 2 aromatic carbocycles. The molecule has 0 saturated carbocycles. The Morgan fingerprint density at radius 3 is 2.17 bits per heavy atom. The molecule has 0 spiro atoms. The van der Waals surface area contributed by atoms with Gasteiger partial charge in [0.1, 0.15) is 0 Å². The summed E-state index contributed by atoms with van der Waals surface area (Å²) in [5.41, 5.74) is -0.638. The molecule has 0 radical (unpaired) electrons. The minimum absolute atomic E-state index is 0.548. The van der Waals surface area contributed by atoms with E-state index in [0.29, 0.717) is 9.92 Å². The second-order valence-corrected chi connectivity index (χ2v) is 5.16. The average Bonchev–Trinajstić information content (AvgIpc) is 2.31. The van der Waals surface area contributed by atoms with Crippen LogP contribution < -0.4 is 0 Å². The fraction of sp³-hybridized carbons (Fsp3) is 0.0769. The summed E-state index contributed by atoms with van der Waals surface area (Å²) in [7, 11) is 0. The van der Waals surface area contributed by atoms with Gasteiger partial charge in [-0.25, -0.2) is 0 Å². The molecule has 0 aliphatic rings. The van der Waals surface area contributed by atoms with Crippen LogP contribution in [0, 0.1) is 0 Å². The maximum absolute atomic E-state index is 12.5. The van der Waals surface area contributed by atoms with Crippen LogP contribution in [-0.4, -0.2) is 0 Å². The normalized spacial score (nSPS) is 11.6. The van der Waals surface area contributed by atoms with E-state index in [9.17, 15) is 13.2 Å². The van der Waals surface area contributed by atoms with E-state index < -0.39 is 11.7 Å². The Morgan fingerprint density at radius 2 is 1.56 bits per heavy atom. The Hall–Kier alpha value is -1.13. The lowest BCUT2D eigenvalue weighted by molar-refractivity contribution is -0.137. The summed E-state index contributed by atoms with van der Waals surface area (Å²) >= 11 is 7.01. The van der Waals surface area contributed by atoms with E-state index >= 15 is 0 Å². The Balaban J connectivity index is 2.22. The summed E-state index contributed by atoms with van der Waals surface area (Å²) < 4.78 is 37.6. The van der Waals surface area contributed by atoms with Crippen LogP contribution in [0.15, 0.2) is 58.3 Å². The number of alkyl halides is 3. The quantitative estimate of drug-likeness (QED) is 0.702. The van der Waals surface area contributed by atoms with Crippen LogP contribution in [-0.2, 0) is 6.18 Å². The van der Waals surface area contributed by atoms with Crippen molar-refractivity contribution in [2.24, 2.45) is 0 Å². The smallest absolute Gasteiger partial charge is 0.166 e. The molecule has 0 fully saturated rings. The molecule has 0 aromatic heterocycles. The van der Waals surface area contributed by atoms with Crippen LogP contribution in [0.1, 0.15) is 5.56 Å². The summed E-state index contributed by atoms with van der Waals surface area (Å²) in [5, 5.41) is 0.600. The third-order valence-corrected chi connectivity index (χ3v) is 3.46. The first-order valence-electron chi connectivity index (χ1n) is 5.06. The minimum Gasteiger partial charge on any atom is -0.166 e. The zero-order valence-corrected chi connectivity index (χ0v) is 10.6. The van der Waals surface area contributed by atoms with Crippen molar-refractivity contribution in [3.8, 4) is 0 Å². The molecule has 5 heteroatoms. The molecule has 0 N–H and O–H groups in total. The summed E-state index contributed by atoms with van der Waals surface area (Å²) in [6.45, 7) is 0. The third-order valence-electron chi connectivity index (χ3n) is 2.21. The minimum atomic E-state index is -4.31. The zero-order chi connectivity index (χ0) is 13.2. The molecule has 0 aliphatic carbocycles. The highest BCUT2D eigenvalue weighted by molar-refractivity contribution is 7.99. The van der Waals surface area contributed by atoms with E-state index in [1.165, 1.54) is 17.8 Å². The Morgan fingerprint density at radius 1 is 0.889 bits per heavy atom. The van der Waals surface area contributed by atoms with Crippen LogP contribution in [0.25, 0.3) is 0 Å². The Labute approximate surface area is 112 Å². The maximum Gasteiger partial charge on any atom is 0.416 e. The Bertz CT molecular complexity index is 535. The molecule has 0 amide bonds. The number of hydrogen-bond acceptors (Lipinski definition) is 1. The standard InChI is InChI=1S/C13H8ClF3S/c14-10-4-6-11(7-5-10)18-12-3-1-2-9(8-12)13(15,16)17/h1-8H. The predicted molar refractivity (Wildman–Crippen MR) is 67.0 cm³/mol. The third kappa shape index (κ3) is 3.43. The van der Waals surface area contributed by atoms with E-state index in [0.717, 1.165) is 17.0 Å². The first-order chi connectivity index (χ1) is 8.45. The number of hydrogen-bond donors (Lipinski definition) is 0. The van der Waals surface area contributed by atoms with Gasteiger partial charge in [0.15, 0.2) is 0 Å². The molecule has 0 atom stereocenters. The highest BCUT2D eigenvalue weighted by atomic mass is 35.5. The van der Waals surface area contributed by atoms with Crippen molar-refractivity contribution in [1.29, 1.82) is 0 Å². The van der Waals surface area contributed by atoms with Crippen molar-refractivity contribution >= 4 is 23.4 Å². The predicted octanol–water partition coefficient (Wildman–Crippen LogP) is 5.51. The molecule has 0 heterocycles. The van der Waals surface area contributed by atoms with E-state index in [1.54, 1.807) is 30.3 Å². The van der Waals surface area contributed by atoms with Crippen LogP contribution in [0.3, 0.4) is 0 Å². The SMILES string of the molecule is FC(F)(F)c1cccc(Sc2ccc(Cl)cc2)c1. The fourth-order valence-corrected chi connectivity index (χ4v) is 2.38. The molecule has 2 rings (SSSR count). The maximum atomic E-state index is 12.5. The lowest BCUT2D eigenvalue weighted by Gasteiger charge is -2.08. The molecule has 0 nitrogen and oxygen atoms in total. The van der Waals surface area contributed by atoms with Gasteiger partial charge < -0.3 is 0 Å². The van der Waals surface area contributed by atoms with Gasteiger partial charge in [-0.05, 0) is 42.5 Å². The topological polar surface area (TPSA) is 0 Å². The fourth-order valence-electron chi connectivity index (χ4n) is 1.37. The Kier molecular flexibility index (Phi) is 3.88. The molecule has 0 aliphatic heterocycles. The van der Waals surface area contributed by atoms with Crippen molar-refractivity contribution < 1.29 is 13.2 Å². The van der Waals surface area contributed by atoms with Crippen LogP contribution in [0.5, 0.6) is 0 Å². The van der Waals surface area contributed by atoms with Crippen molar-refractivity contribution in [2.45, 2.75) is 16.0 Å². The van der Waals surface area contributed by atoms with Gasteiger partial charge in [-0.1, -0.05) is 29.4 Å². The van der Waals surface area contributed by atoms with Crippen LogP contribution >= 0.6 is 23.4 Å². The second-order valence-electron chi connectivity index (χ2n) is 3.58. The van der Waals surface area contributed by atoms with E-state index in [-0.39, 0.29) is 0 Å². The molecule has 0 saturated heterocycles. The second kappa shape index (κ2) is 5.24. The highest BCUT2D eigenvalue weighted by Gasteiger charge is 2.30. The van der Waals surface area contributed by atoms with E-state index in [2.05, 4.69) is 0 Å². The van der Waals surface area contributed by atoms with Crippen LogP contribution in [0.2, 0.25) is 5.02 Å².